The highest BCUT2D eigenvalue weighted by molar-refractivity contribution is 5.96. The summed E-state index contributed by atoms with van der Waals surface area (Å²) >= 11 is 0. The molecule has 1 aliphatic rings. The standard InChI is InChI=1S/C26H22FN3O3/c27-21-10-4-1-7-18(21)26(33)29-15-13-28(14-16-29)24(31)17-30-22-11-5-2-8-19(22)25(32)20-9-3-6-12-23(20)30/h1-12H,13-17H2. The highest BCUT2D eigenvalue weighted by atomic mass is 19.1. The molecule has 0 saturated carbocycles. The Morgan fingerprint density at radius 1 is 0.727 bits per heavy atom. The predicted molar refractivity (Wildman–Crippen MR) is 125 cm³/mol. The molecule has 0 N–H and O–H groups in total. The lowest BCUT2D eigenvalue weighted by Crippen LogP contribution is -2.51. The van der Waals surface area contributed by atoms with Crippen molar-refractivity contribution < 1.29 is 14.0 Å². The fourth-order valence-corrected chi connectivity index (χ4v) is 4.45. The Morgan fingerprint density at radius 2 is 1.24 bits per heavy atom. The summed E-state index contributed by atoms with van der Waals surface area (Å²) < 4.78 is 15.9. The molecular formula is C26H22FN3O3. The Balaban J connectivity index is 1.37. The molecule has 5 rings (SSSR count). The van der Waals surface area contributed by atoms with Crippen molar-refractivity contribution in [1.29, 1.82) is 0 Å². The van der Waals surface area contributed by atoms with Crippen molar-refractivity contribution in [2.24, 2.45) is 0 Å². The molecule has 1 fully saturated rings. The molecule has 0 spiro atoms. The molecule has 33 heavy (non-hydrogen) atoms. The Kier molecular flexibility index (Phi) is 5.38. The van der Waals surface area contributed by atoms with Crippen LogP contribution in [-0.2, 0) is 11.3 Å². The minimum absolute atomic E-state index is 0.0449. The number of hydrogen-bond donors (Lipinski definition) is 0. The zero-order chi connectivity index (χ0) is 22.9. The summed E-state index contributed by atoms with van der Waals surface area (Å²) in [4.78, 5) is 42.1. The number of fused-ring (bicyclic) bond motifs is 2. The lowest BCUT2D eigenvalue weighted by molar-refractivity contribution is -0.133. The number of piperazine rings is 1. The molecule has 7 heteroatoms. The van der Waals surface area contributed by atoms with Crippen LogP contribution in [0.25, 0.3) is 21.8 Å². The fourth-order valence-electron chi connectivity index (χ4n) is 4.45. The van der Waals surface area contributed by atoms with Gasteiger partial charge < -0.3 is 14.4 Å². The summed E-state index contributed by atoms with van der Waals surface area (Å²) in [5, 5.41) is 1.15. The number of rotatable bonds is 3. The molecule has 1 aliphatic heterocycles. The first-order valence-corrected chi connectivity index (χ1v) is 10.9. The van der Waals surface area contributed by atoms with Crippen LogP contribution < -0.4 is 5.43 Å². The third-order valence-corrected chi connectivity index (χ3v) is 6.20. The predicted octanol–water partition coefficient (Wildman–Crippen LogP) is 3.28. The second-order valence-electron chi connectivity index (χ2n) is 8.10. The van der Waals surface area contributed by atoms with E-state index in [1.165, 1.54) is 12.1 Å². The van der Waals surface area contributed by atoms with E-state index >= 15 is 0 Å². The van der Waals surface area contributed by atoms with Crippen LogP contribution in [0.5, 0.6) is 0 Å². The van der Waals surface area contributed by atoms with Gasteiger partial charge in [0.15, 0.2) is 5.43 Å². The Bertz CT molecular complexity index is 1380. The summed E-state index contributed by atoms with van der Waals surface area (Å²) in [7, 11) is 0. The fraction of sp³-hybridized carbons (Fsp3) is 0.192. The van der Waals surface area contributed by atoms with Gasteiger partial charge in [0.2, 0.25) is 5.91 Å². The van der Waals surface area contributed by atoms with E-state index < -0.39 is 5.82 Å². The largest absolute Gasteiger partial charge is 0.338 e. The number of carbonyl (C=O) groups is 2. The van der Waals surface area contributed by atoms with E-state index in [0.717, 1.165) is 0 Å². The Hall–Kier alpha value is -4.00. The van der Waals surface area contributed by atoms with Crippen molar-refractivity contribution in [2.45, 2.75) is 6.54 Å². The molecule has 0 aliphatic carbocycles. The zero-order valence-corrected chi connectivity index (χ0v) is 17.9. The van der Waals surface area contributed by atoms with Gasteiger partial charge in [-0.2, -0.15) is 0 Å². The Labute approximate surface area is 189 Å². The third kappa shape index (κ3) is 3.75. The monoisotopic (exact) mass is 443 g/mol. The average molecular weight is 443 g/mol. The SMILES string of the molecule is O=C(Cn1c2ccccc2c(=O)c2ccccc21)N1CCN(C(=O)c2ccccc2F)CC1. The lowest BCUT2D eigenvalue weighted by atomic mass is 10.1. The molecule has 2 heterocycles. The number of amides is 2. The molecule has 0 bridgehead atoms. The zero-order valence-electron chi connectivity index (χ0n) is 17.9. The van der Waals surface area contributed by atoms with Gasteiger partial charge in [-0.15, -0.1) is 0 Å². The smallest absolute Gasteiger partial charge is 0.256 e. The van der Waals surface area contributed by atoms with Gasteiger partial charge in [-0.25, -0.2) is 4.39 Å². The molecule has 1 saturated heterocycles. The maximum atomic E-state index is 14.0. The first-order chi connectivity index (χ1) is 16.0. The topological polar surface area (TPSA) is 62.6 Å². The van der Waals surface area contributed by atoms with Crippen LogP contribution in [0.15, 0.2) is 77.6 Å². The van der Waals surface area contributed by atoms with E-state index in [9.17, 15) is 18.8 Å². The molecule has 3 aromatic carbocycles. The van der Waals surface area contributed by atoms with Crippen molar-refractivity contribution in [3.63, 3.8) is 0 Å². The van der Waals surface area contributed by atoms with Gasteiger partial charge in [-0.1, -0.05) is 36.4 Å². The summed E-state index contributed by atoms with van der Waals surface area (Å²) in [6.45, 7) is 1.50. The summed E-state index contributed by atoms with van der Waals surface area (Å²) in [6, 6.07) is 20.5. The van der Waals surface area contributed by atoms with Crippen LogP contribution in [-0.4, -0.2) is 52.4 Å². The summed E-state index contributed by atoms with van der Waals surface area (Å²) in [6.07, 6.45) is 0. The highest BCUT2D eigenvalue weighted by Gasteiger charge is 2.26. The number of pyridine rings is 1. The van der Waals surface area contributed by atoms with Crippen LogP contribution in [0.4, 0.5) is 4.39 Å². The summed E-state index contributed by atoms with van der Waals surface area (Å²) in [5.41, 5.74) is 1.42. The van der Waals surface area contributed by atoms with Gasteiger partial charge in [0.25, 0.3) is 5.91 Å². The molecule has 2 amide bonds. The van der Waals surface area contributed by atoms with E-state index in [4.69, 9.17) is 0 Å². The quantitative estimate of drug-likeness (QED) is 0.457. The summed E-state index contributed by atoms with van der Waals surface area (Å²) in [5.74, 6) is -0.998. The van der Waals surface area contributed by atoms with Crippen LogP contribution in [0.3, 0.4) is 0 Å². The normalized spacial score (nSPS) is 14.1. The molecule has 1 aromatic heterocycles. The number of carbonyl (C=O) groups excluding carboxylic acids is 2. The minimum atomic E-state index is -0.544. The number of aromatic nitrogens is 1. The van der Waals surface area contributed by atoms with Gasteiger partial charge in [0.1, 0.15) is 12.4 Å². The third-order valence-electron chi connectivity index (χ3n) is 6.20. The second kappa shape index (κ2) is 8.50. The van der Waals surface area contributed by atoms with Gasteiger partial charge in [0, 0.05) is 37.0 Å². The van der Waals surface area contributed by atoms with Gasteiger partial charge in [-0.05, 0) is 36.4 Å². The van der Waals surface area contributed by atoms with Gasteiger partial charge >= 0.3 is 0 Å². The number of nitrogens with zero attached hydrogens (tertiary/aromatic N) is 3. The number of hydrogen-bond acceptors (Lipinski definition) is 3. The number of benzene rings is 3. The first kappa shape index (κ1) is 20.9. The molecular weight excluding hydrogens is 421 g/mol. The van der Waals surface area contributed by atoms with Gasteiger partial charge in [-0.3, -0.25) is 14.4 Å². The molecule has 0 radical (unpaired) electrons. The minimum Gasteiger partial charge on any atom is -0.338 e. The van der Waals surface area contributed by atoms with Crippen molar-refractivity contribution in [3.8, 4) is 0 Å². The molecule has 166 valence electrons. The van der Waals surface area contributed by atoms with Gasteiger partial charge in [0.05, 0.1) is 16.6 Å². The van der Waals surface area contributed by atoms with Crippen molar-refractivity contribution in [2.75, 3.05) is 26.2 Å². The maximum Gasteiger partial charge on any atom is 0.256 e. The maximum absolute atomic E-state index is 14.0. The lowest BCUT2D eigenvalue weighted by Gasteiger charge is -2.35. The van der Waals surface area contributed by atoms with Crippen molar-refractivity contribution in [3.05, 3.63) is 94.4 Å². The van der Waals surface area contributed by atoms with Crippen LogP contribution >= 0.6 is 0 Å². The number of para-hydroxylation sites is 2. The molecule has 0 atom stereocenters. The van der Waals surface area contributed by atoms with E-state index in [-0.39, 0.29) is 29.4 Å². The highest BCUT2D eigenvalue weighted by Crippen LogP contribution is 2.20. The van der Waals surface area contributed by atoms with Crippen LogP contribution in [0.2, 0.25) is 0 Å². The van der Waals surface area contributed by atoms with Crippen molar-refractivity contribution in [1.82, 2.24) is 14.4 Å². The molecule has 0 unspecified atom stereocenters. The second-order valence-corrected chi connectivity index (χ2v) is 8.10. The average Bonchev–Trinajstić information content (AvgIpc) is 2.86. The van der Waals surface area contributed by atoms with E-state index in [2.05, 4.69) is 0 Å². The van der Waals surface area contributed by atoms with Crippen LogP contribution in [0, 0.1) is 5.82 Å². The van der Waals surface area contributed by atoms with Crippen molar-refractivity contribution >= 4 is 33.6 Å². The first-order valence-electron chi connectivity index (χ1n) is 10.9. The van der Waals surface area contributed by atoms with Crippen LogP contribution in [0.1, 0.15) is 10.4 Å². The number of halogens is 1. The van der Waals surface area contributed by atoms with E-state index in [0.29, 0.717) is 48.0 Å². The van der Waals surface area contributed by atoms with E-state index in [1.54, 1.807) is 34.1 Å². The molecule has 4 aromatic rings. The molecule has 6 nitrogen and oxygen atoms in total. The van der Waals surface area contributed by atoms with E-state index in [1.807, 2.05) is 41.0 Å². The Morgan fingerprint density at radius 3 is 1.85 bits per heavy atom.